The number of carbonyl (C=O) groups excluding carboxylic acids is 1. The van der Waals surface area contributed by atoms with Crippen LogP contribution in [-0.2, 0) is 6.42 Å². The number of aromatic amines is 1. The molecule has 1 saturated heterocycles. The topological polar surface area (TPSA) is 113 Å². The fourth-order valence-corrected chi connectivity index (χ4v) is 5.72. The maximum Gasteiger partial charge on any atom is 0.289 e. The number of furan rings is 1. The Hall–Kier alpha value is -3.79. The van der Waals surface area contributed by atoms with Crippen molar-refractivity contribution in [3.8, 4) is 0 Å². The number of benzene rings is 1. The molecule has 37 heavy (non-hydrogen) atoms. The second-order valence-corrected chi connectivity index (χ2v) is 9.96. The standard InChI is InChI=1S/C27H31N7O3/c1-2-18-9-10-22-19(16-18)17-21(26(35)28-22)24(25-29-30-31-34(25)20-6-3-4-7-20)32-11-13-33(14-12-32)27(36)23-8-5-15-37-23/h5,8-10,15-17,20,24H,2-4,6-7,11-14H2,1H3,(H,28,35)/t24-/m0/s1. The molecular weight excluding hydrogens is 470 g/mol. The quantitative estimate of drug-likeness (QED) is 0.431. The number of aromatic nitrogens is 5. The van der Waals surface area contributed by atoms with Crippen LogP contribution in [-0.4, -0.2) is 67.1 Å². The van der Waals surface area contributed by atoms with Crippen molar-refractivity contribution in [1.29, 1.82) is 0 Å². The molecule has 6 rings (SSSR count). The highest BCUT2D eigenvalue weighted by Gasteiger charge is 2.35. The molecule has 1 aromatic carbocycles. The highest BCUT2D eigenvalue weighted by Crippen LogP contribution is 2.34. The molecule has 0 radical (unpaired) electrons. The number of pyridine rings is 1. The fraction of sp³-hybridized carbons (Fsp3) is 0.444. The van der Waals surface area contributed by atoms with E-state index in [4.69, 9.17) is 4.42 Å². The van der Waals surface area contributed by atoms with E-state index in [2.05, 4.69) is 38.4 Å². The van der Waals surface area contributed by atoms with Crippen molar-refractivity contribution in [2.75, 3.05) is 26.2 Å². The van der Waals surface area contributed by atoms with Crippen molar-refractivity contribution < 1.29 is 9.21 Å². The lowest BCUT2D eigenvalue weighted by Crippen LogP contribution is -2.50. The first-order valence-electron chi connectivity index (χ1n) is 13.1. The first-order chi connectivity index (χ1) is 18.1. The molecule has 0 spiro atoms. The van der Waals surface area contributed by atoms with Crippen LogP contribution in [0.4, 0.5) is 0 Å². The van der Waals surface area contributed by atoms with Gasteiger partial charge in [-0.25, -0.2) is 4.68 Å². The molecule has 1 aliphatic heterocycles. The Bertz CT molecular complexity index is 1440. The maximum absolute atomic E-state index is 13.5. The molecule has 2 aliphatic rings. The van der Waals surface area contributed by atoms with Gasteiger partial charge in [0.2, 0.25) is 0 Å². The molecule has 4 aromatic rings. The third-order valence-corrected chi connectivity index (χ3v) is 7.77. The molecule has 0 unspecified atom stereocenters. The second-order valence-electron chi connectivity index (χ2n) is 9.96. The predicted molar refractivity (Wildman–Crippen MR) is 137 cm³/mol. The summed E-state index contributed by atoms with van der Waals surface area (Å²) in [6.45, 7) is 4.33. The van der Waals surface area contributed by atoms with Crippen LogP contribution in [0.15, 0.2) is 51.9 Å². The molecule has 1 N–H and O–H groups in total. The SMILES string of the molecule is CCc1ccc2[nH]c(=O)c([C@@H](c3nnnn3C3CCCC3)N3CCN(C(=O)c4ccco4)CC3)cc2c1. The average Bonchev–Trinajstić information content (AvgIpc) is 3.72. The number of H-pyrrole nitrogens is 1. The first kappa shape index (κ1) is 23.6. The molecule has 0 bridgehead atoms. The van der Waals surface area contributed by atoms with Gasteiger partial charge in [0.1, 0.15) is 6.04 Å². The van der Waals surface area contributed by atoms with Gasteiger partial charge >= 0.3 is 0 Å². The Morgan fingerprint density at radius 2 is 1.95 bits per heavy atom. The zero-order valence-electron chi connectivity index (χ0n) is 21.0. The molecule has 10 nitrogen and oxygen atoms in total. The third kappa shape index (κ3) is 4.46. The van der Waals surface area contributed by atoms with Gasteiger partial charge in [0, 0.05) is 37.3 Å². The molecular formula is C27H31N7O3. The summed E-state index contributed by atoms with van der Waals surface area (Å²) >= 11 is 0. The predicted octanol–water partition coefficient (Wildman–Crippen LogP) is 3.33. The highest BCUT2D eigenvalue weighted by molar-refractivity contribution is 5.91. The highest BCUT2D eigenvalue weighted by atomic mass is 16.3. The first-order valence-corrected chi connectivity index (χ1v) is 13.1. The Morgan fingerprint density at radius 3 is 2.68 bits per heavy atom. The molecule has 4 heterocycles. The van der Waals surface area contributed by atoms with Gasteiger partial charge in [0.25, 0.3) is 11.5 Å². The summed E-state index contributed by atoms with van der Waals surface area (Å²) in [4.78, 5) is 33.4. The van der Waals surface area contributed by atoms with E-state index < -0.39 is 6.04 Å². The fourth-order valence-electron chi connectivity index (χ4n) is 5.72. The number of fused-ring (bicyclic) bond motifs is 1. The van der Waals surface area contributed by atoms with Crippen LogP contribution in [0, 0.1) is 0 Å². The number of aryl methyl sites for hydroxylation is 1. The molecule has 1 saturated carbocycles. The van der Waals surface area contributed by atoms with E-state index in [0.29, 0.717) is 43.3 Å². The van der Waals surface area contributed by atoms with E-state index >= 15 is 0 Å². The van der Waals surface area contributed by atoms with Gasteiger partial charge in [0.05, 0.1) is 12.3 Å². The average molecular weight is 502 g/mol. The summed E-state index contributed by atoms with van der Waals surface area (Å²) in [7, 11) is 0. The lowest BCUT2D eigenvalue weighted by molar-refractivity contribution is 0.0557. The summed E-state index contributed by atoms with van der Waals surface area (Å²) in [6, 6.07) is 11.4. The monoisotopic (exact) mass is 501 g/mol. The number of hydrogen-bond donors (Lipinski definition) is 1. The summed E-state index contributed by atoms with van der Waals surface area (Å²) in [6.07, 6.45) is 6.79. The maximum atomic E-state index is 13.5. The van der Waals surface area contributed by atoms with Crippen LogP contribution >= 0.6 is 0 Å². The zero-order valence-corrected chi connectivity index (χ0v) is 21.0. The van der Waals surface area contributed by atoms with Crippen molar-refractivity contribution in [3.05, 3.63) is 75.7 Å². The van der Waals surface area contributed by atoms with Crippen molar-refractivity contribution in [1.82, 2.24) is 35.0 Å². The number of nitrogens with zero attached hydrogens (tertiary/aromatic N) is 6. The van der Waals surface area contributed by atoms with Crippen LogP contribution in [0.25, 0.3) is 10.9 Å². The van der Waals surface area contributed by atoms with Crippen LogP contribution < -0.4 is 5.56 Å². The van der Waals surface area contributed by atoms with E-state index in [0.717, 1.165) is 43.0 Å². The van der Waals surface area contributed by atoms with E-state index in [-0.39, 0.29) is 17.5 Å². The Balaban J connectivity index is 1.38. The summed E-state index contributed by atoms with van der Waals surface area (Å²) in [5.74, 6) is 0.912. The van der Waals surface area contributed by atoms with Gasteiger partial charge in [-0.15, -0.1) is 5.10 Å². The molecule has 192 valence electrons. The lowest BCUT2D eigenvalue weighted by Gasteiger charge is -2.38. The van der Waals surface area contributed by atoms with Gasteiger partial charge < -0.3 is 14.3 Å². The molecule has 1 amide bonds. The number of amides is 1. The van der Waals surface area contributed by atoms with Crippen molar-refractivity contribution in [2.45, 2.75) is 51.1 Å². The number of carbonyl (C=O) groups is 1. The van der Waals surface area contributed by atoms with Gasteiger partial charge in [-0.3, -0.25) is 14.5 Å². The number of rotatable bonds is 6. The Kier molecular flexibility index (Phi) is 6.33. The smallest absolute Gasteiger partial charge is 0.289 e. The van der Waals surface area contributed by atoms with Gasteiger partial charge in [0.15, 0.2) is 11.6 Å². The summed E-state index contributed by atoms with van der Waals surface area (Å²) in [5.41, 5.74) is 2.51. The Morgan fingerprint density at radius 1 is 1.14 bits per heavy atom. The normalized spacial score (nSPS) is 18.0. The van der Waals surface area contributed by atoms with Crippen molar-refractivity contribution >= 4 is 16.8 Å². The number of nitrogens with one attached hydrogen (secondary N) is 1. The van der Waals surface area contributed by atoms with Crippen LogP contribution in [0.5, 0.6) is 0 Å². The largest absolute Gasteiger partial charge is 0.459 e. The molecule has 2 fully saturated rings. The minimum absolute atomic E-state index is 0.118. The van der Waals surface area contributed by atoms with E-state index in [1.807, 2.05) is 22.9 Å². The summed E-state index contributed by atoms with van der Waals surface area (Å²) in [5, 5.41) is 13.9. The van der Waals surface area contributed by atoms with E-state index in [1.165, 1.54) is 11.8 Å². The van der Waals surface area contributed by atoms with Gasteiger partial charge in [-0.1, -0.05) is 25.8 Å². The van der Waals surface area contributed by atoms with Gasteiger partial charge in [-0.2, -0.15) is 0 Å². The number of hydrogen-bond acceptors (Lipinski definition) is 7. The Labute approximate surface area is 214 Å². The van der Waals surface area contributed by atoms with E-state index in [9.17, 15) is 9.59 Å². The number of tetrazole rings is 1. The zero-order chi connectivity index (χ0) is 25.4. The van der Waals surface area contributed by atoms with Gasteiger partial charge in [-0.05, 0) is 71.0 Å². The minimum Gasteiger partial charge on any atom is -0.459 e. The van der Waals surface area contributed by atoms with Crippen LogP contribution in [0.1, 0.15) is 72.2 Å². The van der Waals surface area contributed by atoms with Crippen LogP contribution in [0.3, 0.4) is 0 Å². The number of piperazine rings is 1. The molecule has 3 aromatic heterocycles. The molecule has 10 heteroatoms. The van der Waals surface area contributed by atoms with E-state index in [1.54, 1.807) is 17.0 Å². The van der Waals surface area contributed by atoms with Crippen LogP contribution in [0.2, 0.25) is 0 Å². The van der Waals surface area contributed by atoms with Crippen molar-refractivity contribution in [3.63, 3.8) is 0 Å². The molecule has 1 atom stereocenters. The summed E-state index contributed by atoms with van der Waals surface area (Å²) < 4.78 is 7.25. The third-order valence-electron chi connectivity index (χ3n) is 7.77. The second kappa shape index (κ2) is 9.93. The van der Waals surface area contributed by atoms with Crippen molar-refractivity contribution in [2.24, 2.45) is 0 Å². The molecule has 1 aliphatic carbocycles. The minimum atomic E-state index is -0.421. The lowest BCUT2D eigenvalue weighted by atomic mass is 10.0.